The fourth-order valence-electron chi connectivity index (χ4n) is 1.70. The molecule has 0 aromatic heterocycles. The second kappa shape index (κ2) is 4.25. The van der Waals surface area contributed by atoms with Gasteiger partial charge in [0.2, 0.25) is 0 Å². The number of anilines is 1. The number of nitrogens with two attached hydrogens (primary N) is 1. The van der Waals surface area contributed by atoms with Gasteiger partial charge in [0, 0.05) is 0 Å². The fourth-order valence-corrected chi connectivity index (χ4v) is 1.70. The molecular weight excluding hydrogens is 220 g/mol. The lowest BCUT2D eigenvalue weighted by Gasteiger charge is -2.16. The van der Waals surface area contributed by atoms with Gasteiger partial charge in [-0.25, -0.2) is 0 Å². The number of amides is 1. The number of nitrogen functional groups attached to an aromatic ring is 1. The Bertz CT molecular complexity index is 441. The molecule has 5 nitrogen and oxygen atoms in total. The van der Waals surface area contributed by atoms with E-state index in [1.54, 1.807) is 18.2 Å². The molecule has 0 aliphatic heterocycles. The molecule has 2 rings (SSSR count). The number of rotatable bonds is 4. The number of ether oxygens (including phenoxy) is 1. The van der Waals surface area contributed by atoms with Gasteiger partial charge in [0.25, 0.3) is 5.91 Å². The molecule has 1 amide bonds. The van der Waals surface area contributed by atoms with E-state index in [-0.39, 0.29) is 12.5 Å². The van der Waals surface area contributed by atoms with Gasteiger partial charge in [-0.15, -0.1) is 0 Å². The average molecular weight is 236 g/mol. The molecule has 92 valence electrons. The number of aliphatic hydroxyl groups excluding tert-OH is 1. The summed E-state index contributed by atoms with van der Waals surface area (Å²) in [6, 6.07) is 5.05. The molecule has 1 aliphatic carbocycles. The van der Waals surface area contributed by atoms with Gasteiger partial charge in [-0.05, 0) is 25.0 Å². The van der Waals surface area contributed by atoms with Gasteiger partial charge in [-0.1, -0.05) is 6.07 Å². The van der Waals surface area contributed by atoms with Gasteiger partial charge in [0.15, 0.2) is 0 Å². The van der Waals surface area contributed by atoms with Crippen LogP contribution in [0.25, 0.3) is 0 Å². The second-order valence-electron chi connectivity index (χ2n) is 4.31. The highest BCUT2D eigenvalue weighted by Gasteiger charge is 2.43. The molecule has 17 heavy (non-hydrogen) atoms. The van der Waals surface area contributed by atoms with Crippen LogP contribution in [0.2, 0.25) is 0 Å². The maximum atomic E-state index is 12.0. The molecule has 1 fully saturated rings. The third-order valence-electron chi connectivity index (χ3n) is 3.07. The van der Waals surface area contributed by atoms with E-state index < -0.39 is 5.54 Å². The highest BCUT2D eigenvalue weighted by Crippen LogP contribution is 2.35. The topological polar surface area (TPSA) is 84.6 Å². The normalized spacial score (nSPS) is 16.4. The SMILES string of the molecule is COc1cccc(C(=O)NC2(CO)CC2)c1N. The van der Waals surface area contributed by atoms with Crippen LogP contribution in [-0.4, -0.2) is 30.3 Å². The van der Waals surface area contributed by atoms with E-state index in [0.717, 1.165) is 12.8 Å². The number of methoxy groups -OCH3 is 1. The molecule has 0 unspecified atom stereocenters. The van der Waals surface area contributed by atoms with Crippen molar-refractivity contribution in [1.82, 2.24) is 5.32 Å². The predicted molar refractivity (Wildman–Crippen MR) is 63.9 cm³/mol. The summed E-state index contributed by atoms with van der Waals surface area (Å²) in [6.45, 7) is -0.0391. The number of hydrogen-bond donors (Lipinski definition) is 3. The second-order valence-corrected chi connectivity index (χ2v) is 4.31. The first-order chi connectivity index (χ1) is 8.12. The third kappa shape index (κ3) is 2.19. The van der Waals surface area contributed by atoms with Crippen LogP contribution in [0.1, 0.15) is 23.2 Å². The molecule has 0 saturated heterocycles. The number of hydrogen-bond acceptors (Lipinski definition) is 4. The average Bonchev–Trinajstić information content (AvgIpc) is 3.09. The molecule has 4 N–H and O–H groups in total. The van der Waals surface area contributed by atoms with Crippen molar-refractivity contribution in [3.63, 3.8) is 0 Å². The molecule has 0 bridgehead atoms. The number of para-hydroxylation sites is 1. The fraction of sp³-hybridized carbons (Fsp3) is 0.417. The van der Waals surface area contributed by atoms with E-state index in [2.05, 4.69) is 5.32 Å². The minimum absolute atomic E-state index is 0.0391. The van der Waals surface area contributed by atoms with Gasteiger partial charge in [0.1, 0.15) is 5.75 Å². The van der Waals surface area contributed by atoms with Crippen LogP contribution < -0.4 is 15.8 Å². The number of benzene rings is 1. The molecule has 1 aliphatic rings. The first kappa shape index (κ1) is 11.7. The Morgan fingerprint density at radius 3 is 2.82 bits per heavy atom. The van der Waals surface area contributed by atoms with Crippen molar-refractivity contribution in [2.24, 2.45) is 0 Å². The number of carbonyl (C=O) groups excluding carboxylic acids is 1. The van der Waals surface area contributed by atoms with Crippen LogP contribution in [0.15, 0.2) is 18.2 Å². The van der Waals surface area contributed by atoms with Gasteiger partial charge in [-0.3, -0.25) is 4.79 Å². The van der Waals surface area contributed by atoms with Crippen molar-refractivity contribution < 1.29 is 14.6 Å². The van der Waals surface area contributed by atoms with E-state index in [1.807, 2.05) is 0 Å². The number of aliphatic hydroxyl groups is 1. The summed E-state index contributed by atoms with van der Waals surface area (Å²) in [4.78, 5) is 12.0. The Hall–Kier alpha value is -1.75. The molecule has 0 atom stereocenters. The predicted octanol–water partition coefficient (Wildman–Crippen LogP) is 0.532. The van der Waals surface area contributed by atoms with Crippen LogP contribution in [-0.2, 0) is 0 Å². The van der Waals surface area contributed by atoms with E-state index in [1.165, 1.54) is 7.11 Å². The molecule has 5 heteroatoms. The lowest BCUT2D eigenvalue weighted by Crippen LogP contribution is -2.39. The van der Waals surface area contributed by atoms with Crippen molar-refractivity contribution in [3.05, 3.63) is 23.8 Å². The van der Waals surface area contributed by atoms with Crippen molar-refractivity contribution in [1.29, 1.82) is 0 Å². The third-order valence-corrected chi connectivity index (χ3v) is 3.07. The van der Waals surface area contributed by atoms with Crippen LogP contribution in [0.5, 0.6) is 5.75 Å². The van der Waals surface area contributed by atoms with Crippen molar-refractivity contribution >= 4 is 11.6 Å². The molecule has 0 heterocycles. The summed E-state index contributed by atoms with van der Waals surface area (Å²) >= 11 is 0. The Labute approximate surface area is 99.6 Å². The largest absolute Gasteiger partial charge is 0.495 e. The molecule has 1 aromatic rings. The minimum Gasteiger partial charge on any atom is -0.495 e. The van der Waals surface area contributed by atoms with E-state index in [4.69, 9.17) is 15.6 Å². The van der Waals surface area contributed by atoms with Crippen molar-refractivity contribution in [2.75, 3.05) is 19.5 Å². The zero-order valence-corrected chi connectivity index (χ0v) is 9.69. The highest BCUT2D eigenvalue weighted by atomic mass is 16.5. The standard InChI is InChI=1S/C12H16N2O3/c1-17-9-4-2-3-8(10(9)13)11(16)14-12(7-15)5-6-12/h2-4,15H,5-7,13H2,1H3,(H,14,16). The molecule has 1 aromatic carbocycles. The number of carbonyl (C=O) groups is 1. The van der Waals surface area contributed by atoms with Gasteiger partial charge < -0.3 is 20.9 Å². The zero-order chi connectivity index (χ0) is 12.5. The number of nitrogens with one attached hydrogen (secondary N) is 1. The van der Waals surface area contributed by atoms with Gasteiger partial charge in [0.05, 0.1) is 30.5 Å². The quantitative estimate of drug-likeness (QED) is 0.666. The zero-order valence-electron chi connectivity index (χ0n) is 9.69. The van der Waals surface area contributed by atoms with Gasteiger partial charge >= 0.3 is 0 Å². The monoisotopic (exact) mass is 236 g/mol. The molecular formula is C12H16N2O3. The Kier molecular flexibility index (Phi) is 2.93. The van der Waals surface area contributed by atoms with Crippen LogP contribution in [0.3, 0.4) is 0 Å². The highest BCUT2D eigenvalue weighted by molar-refractivity contribution is 6.00. The smallest absolute Gasteiger partial charge is 0.254 e. The van der Waals surface area contributed by atoms with E-state index in [0.29, 0.717) is 17.0 Å². The summed E-state index contributed by atoms with van der Waals surface area (Å²) in [5.41, 5.74) is 6.09. The molecule has 1 saturated carbocycles. The molecule has 0 radical (unpaired) electrons. The summed E-state index contributed by atoms with van der Waals surface area (Å²) in [7, 11) is 1.50. The maximum absolute atomic E-state index is 12.0. The first-order valence-electron chi connectivity index (χ1n) is 5.48. The summed E-state index contributed by atoms with van der Waals surface area (Å²) in [6.07, 6.45) is 1.61. The summed E-state index contributed by atoms with van der Waals surface area (Å²) < 4.78 is 5.05. The lowest BCUT2D eigenvalue weighted by atomic mass is 10.1. The Morgan fingerprint density at radius 1 is 1.59 bits per heavy atom. The first-order valence-corrected chi connectivity index (χ1v) is 5.48. The maximum Gasteiger partial charge on any atom is 0.254 e. The van der Waals surface area contributed by atoms with E-state index >= 15 is 0 Å². The van der Waals surface area contributed by atoms with E-state index in [9.17, 15) is 4.79 Å². The minimum atomic E-state index is -0.438. The lowest BCUT2D eigenvalue weighted by molar-refractivity contribution is 0.0907. The summed E-state index contributed by atoms with van der Waals surface area (Å²) in [5, 5.41) is 12.0. The van der Waals surface area contributed by atoms with Crippen LogP contribution >= 0.6 is 0 Å². The van der Waals surface area contributed by atoms with Gasteiger partial charge in [-0.2, -0.15) is 0 Å². The Morgan fingerprint density at radius 2 is 2.29 bits per heavy atom. The van der Waals surface area contributed by atoms with Crippen LogP contribution in [0, 0.1) is 0 Å². The Balaban J connectivity index is 2.19. The summed E-state index contributed by atoms with van der Waals surface area (Å²) in [5.74, 6) is 0.208. The molecule has 0 spiro atoms. The van der Waals surface area contributed by atoms with Crippen molar-refractivity contribution in [2.45, 2.75) is 18.4 Å². The van der Waals surface area contributed by atoms with Crippen molar-refractivity contribution in [3.8, 4) is 5.75 Å². The van der Waals surface area contributed by atoms with Crippen LogP contribution in [0.4, 0.5) is 5.69 Å².